The second-order valence-corrected chi connectivity index (χ2v) is 11.0. The molecular formula is C31H35BrN6O6. The summed E-state index contributed by atoms with van der Waals surface area (Å²) in [4.78, 5) is 65.8. The number of phenolic OH excluding ortho intramolecular Hbond substituents is 1. The van der Waals surface area contributed by atoms with E-state index in [1.54, 1.807) is 66.7 Å². The molecule has 0 aromatic heterocycles. The number of amides is 5. The maximum Gasteiger partial charge on any atom is 0.247 e. The van der Waals surface area contributed by atoms with Gasteiger partial charge < -0.3 is 32.5 Å². The molecule has 3 rings (SSSR count). The minimum atomic E-state index is -1.14. The van der Waals surface area contributed by atoms with Crippen LogP contribution in [-0.4, -0.2) is 59.3 Å². The molecule has 4 atom stereocenters. The third-order valence-corrected chi connectivity index (χ3v) is 7.18. The van der Waals surface area contributed by atoms with E-state index >= 15 is 0 Å². The Kier molecular flexibility index (Phi) is 11.4. The zero-order chi connectivity index (χ0) is 33.1. The van der Waals surface area contributed by atoms with Crippen molar-refractivity contribution in [1.29, 1.82) is 0 Å². The first-order valence-electron chi connectivity index (χ1n) is 14.2. The lowest BCUT2D eigenvalue weighted by Gasteiger charge is -2.30. The van der Waals surface area contributed by atoms with Gasteiger partial charge in [0.1, 0.15) is 25.3 Å². The van der Waals surface area contributed by atoms with Crippen molar-refractivity contribution in [2.75, 3.05) is 11.4 Å². The van der Waals surface area contributed by atoms with Crippen molar-refractivity contribution in [1.82, 2.24) is 16.0 Å². The molecule has 0 spiro atoms. The van der Waals surface area contributed by atoms with E-state index in [1.807, 2.05) is 0 Å². The Labute approximate surface area is 264 Å². The van der Waals surface area contributed by atoms with Crippen LogP contribution in [0.3, 0.4) is 0 Å². The summed E-state index contributed by atoms with van der Waals surface area (Å²) in [5.41, 5.74) is 9.23. The molecule has 13 heteroatoms. The summed E-state index contributed by atoms with van der Waals surface area (Å²) in [5.74, 6) is -3.31. The normalized spacial score (nSPS) is 13.8. The average Bonchev–Trinajstić information content (AvgIpc) is 3.02. The van der Waals surface area contributed by atoms with Crippen LogP contribution in [0.2, 0.25) is 1.41 Å². The number of anilines is 1. The molecule has 0 aliphatic rings. The van der Waals surface area contributed by atoms with Crippen LogP contribution < -0.4 is 32.3 Å². The van der Waals surface area contributed by atoms with Gasteiger partial charge in [-0.25, -0.2) is 0 Å². The van der Waals surface area contributed by atoms with E-state index in [9.17, 15) is 29.1 Å². The fourth-order valence-electron chi connectivity index (χ4n) is 4.29. The second-order valence-electron chi connectivity index (χ2n) is 10.0. The fourth-order valence-corrected chi connectivity index (χ4v) is 4.68. The monoisotopic (exact) mass is 667 g/mol. The zero-order valence-corrected chi connectivity index (χ0v) is 25.7. The van der Waals surface area contributed by atoms with Gasteiger partial charge in [-0.1, -0.05) is 64.5 Å². The molecule has 5 amide bonds. The number of hydrogen-bond acceptors (Lipinski definition) is 7. The summed E-state index contributed by atoms with van der Waals surface area (Å²) >= 11 is 3.36. The van der Waals surface area contributed by atoms with Crippen LogP contribution in [0.15, 0.2) is 83.3 Å². The van der Waals surface area contributed by atoms with Gasteiger partial charge in [0.2, 0.25) is 29.5 Å². The van der Waals surface area contributed by atoms with Crippen LogP contribution in [0.4, 0.5) is 5.69 Å². The first kappa shape index (κ1) is 32.2. The van der Waals surface area contributed by atoms with Crippen molar-refractivity contribution in [2.45, 2.75) is 44.4 Å². The number of nitrogens with two attached hydrogens (primary N) is 2. The highest BCUT2D eigenvalue weighted by Gasteiger charge is 2.31. The number of primary amides is 1. The number of hydrogen-bond donors (Lipinski definition) is 6. The number of nitrogens with zero attached hydrogens (tertiary/aromatic N) is 1. The highest BCUT2D eigenvalue weighted by atomic mass is 79.9. The van der Waals surface area contributed by atoms with Gasteiger partial charge in [0.25, 0.3) is 0 Å². The largest absolute Gasteiger partial charge is 0.508 e. The summed E-state index contributed by atoms with van der Waals surface area (Å²) in [7, 11) is 0. The molecule has 232 valence electrons. The summed E-state index contributed by atoms with van der Waals surface area (Å²) in [6.45, 7) is 2.38. The quantitative estimate of drug-likeness (QED) is 0.149. The van der Waals surface area contributed by atoms with Crippen LogP contribution in [0.1, 0.15) is 31.0 Å². The number of carbonyl (C=O) groups excluding carboxylic acids is 5. The van der Waals surface area contributed by atoms with Crippen molar-refractivity contribution >= 4 is 51.2 Å². The first-order valence-corrected chi connectivity index (χ1v) is 14.5. The number of halogens is 1. The maximum absolute atomic E-state index is 13.5. The highest BCUT2D eigenvalue weighted by molar-refractivity contribution is 9.10. The Morgan fingerprint density at radius 3 is 2.20 bits per heavy atom. The summed E-state index contributed by atoms with van der Waals surface area (Å²) < 4.78 is 8.17. The predicted molar refractivity (Wildman–Crippen MR) is 168 cm³/mol. The van der Waals surface area contributed by atoms with Crippen molar-refractivity contribution in [3.63, 3.8) is 0 Å². The lowest BCUT2D eigenvalue weighted by atomic mass is 10.1. The van der Waals surface area contributed by atoms with Gasteiger partial charge in [-0.15, -0.1) is 0 Å². The van der Waals surface area contributed by atoms with Gasteiger partial charge in [0.05, 0.1) is 12.6 Å². The van der Waals surface area contributed by atoms with E-state index < -0.39 is 60.2 Å². The third-order valence-electron chi connectivity index (χ3n) is 6.68. The Hall–Kier alpha value is -4.75. The minimum absolute atomic E-state index is 0.0638. The van der Waals surface area contributed by atoms with Crippen molar-refractivity contribution in [2.24, 2.45) is 11.5 Å². The van der Waals surface area contributed by atoms with E-state index in [2.05, 4.69) is 37.6 Å². The molecule has 44 heavy (non-hydrogen) atoms. The van der Waals surface area contributed by atoms with Gasteiger partial charge in [-0.2, -0.15) is 0 Å². The van der Waals surface area contributed by atoms with Gasteiger partial charge >= 0.3 is 0 Å². The lowest BCUT2D eigenvalue weighted by molar-refractivity contribution is -0.131. The number of carbonyl (C=O) groups is 5. The number of rotatable bonds is 14. The van der Waals surface area contributed by atoms with E-state index in [0.29, 0.717) is 21.3 Å². The summed E-state index contributed by atoms with van der Waals surface area (Å²) in [6.07, 6.45) is 0.130. The van der Waals surface area contributed by atoms with Gasteiger partial charge in [0.15, 0.2) is 0 Å². The Morgan fingerprint density at radius 1 is 0.909 bits per heavy atom. The maximum atomic E-state index is 13.5. The van der Waals surface area contributed by atoms with Crippen LogP contribution in [0, 0.1) is 0 Å². The molecule has 0 unspecified atom stereocenters. The summed E-state index contributed by atoms with van der Waals surface area (Å²) in [6, 6.07) is 16.9. The molecule has 0 aliphatic carbocycles. The molecule has 8 N–H and O–H groups in total. The van der Waals surface area contributed by atoms with E-state index in [-0.39, 0.29) is 12.2 Å². The molecule has 0 radical (unpaired) electrons. The van der Waals surface area contributed by atoms with Crippen LogP contribution in [0.5, 0.6) is 5.75 Å². The van der Waals surface area contributed by atoms with Crippen LogP contribution in [-0.2, 0) is 30.4 Å². The lowest BCUT2D eigenvalue weighted by Crippen LogP contribution is -2.55. The Morgan fingerprint density at radius 2 is 1.59 bits per heavy atom. The molecule has 0 fully saturated rings. The molecule has 0 saturated heterocycles. The molecule has 0 bridgehead atoms. The van der Waals surface area contributed by atoms with E-state index in [1.165, 1.54) is 30.9 Å². The van der Waals surface area contributed by atoms with Gasteiger partial charge in [0, 0.05) is 10.2 Å². The zero-order valence-electron chi connectivity index (χ0n) is 25.1. The molecule has 0 heterocycles. The fraction of sp³-hybridized carbons (Fsp3) is 0.258. The average molecular weight is 669 g/mol. The Balaban J connectivity index is 1.68. The smallest absolute Gasteiger partial charge is 0.247 e. The van der Waals surface area contributed by atoms with Gasteiger partial charge in [-0.3, -0.25) is 28.9 Å². The molecular weight excluding hydrogens is 632 g/mol. The molecule has 0 aliphatic heterocycles. The van der Waals surface area contributed by atoms with Crippen LogP contribution >= 0.6 is 15.9 Å². The van der Waals surface area contributed by atoms with E-state index in [0.717, 1.165) is 0 Å². The molecule has 12 nitrogen and oxygen atoms in total. The SMILES string of the molecule is [2H]N[C@@H](Cc1ccc(O)cc1)C(=O)N[C@@H](C)C(=O)NCC(=O)N(c1cccc(Br)c1)[C@@H](C)C(=O)N[C@H](C(N)=O)c1ccccc1. The first-order chi connectivity index (χ1) is 21.4. The third kappa shape index (κ3) is 9.38. The van der Waals surface area contributed by atoms with E-state index in [4.69, 9.17) is 7.15 Å². The molecule has 3 aromatic rings. The van der Waals surface area contributed by atoms with Crippen LogP contribution in [0.25, 0.3) is 0 Å². The summed E-state index contributed by atoms with van der Waals surface area (Å²) in [5, 5.41) is 17.1. The molecule has 0 saturated carbocycles. The minimum Gasteiger partial charge on any atom is -0.508 e. The topological polar surface area (TPSA) is 197 Å². The number of phenols is 1. The van der Waals surface area contributed by atoms with Gasteiger partial charge in [-0.05, 0) is 61.7 Å². The highest BCUT2D eigenvalue weighted by Crippen LogP contribution is 2.23. The Bertz CT molecular complexity index is 1510. The number of aromatic hydroxyl groups is 1. The number of benzene rings is 3. The van der Waals surface area contributed by atoms with Crippen molar-refractivity contribution in [3.05, 3.63) is 94.5 Å². The van der Waals surface area contributed by atoms with Crippen molar-refractivity contribution in [3.8, 4) is 5.75 Å². The second kappa shape index (κ2) is 15.6. The number of nitrogens with one attached hydrogen (secondary N) is 3. The predicted octanol–water partition coefficient (Wildman–Crippen LogP) is 1.41. The standard InChI is InChI=1S/C31H35BrN6O6/c1-18(36-31(44)25(33)15-20-11-13-24(39)14-12-20)29(42)35-17-26(40)38(23-10-6-9-22(32)16-23)19(2)30(43)37-27(28(34)41)21-7-4-3-5-8-21/h3-14,16,18-19,25,27,39H,15,17,33H2,1-2H3,(H2,34,41)(H,35,42)(H,36,44)(H,37,43)/t18-,19-,25-,27-/m0/s1/i/hD. The molecule has 3 aromatic carbocycles. The van der Waals surface area contributed by atoms with Crippen molar-refractivity contribution < 1.29 is 30.5 Å².